The maximum atomic E-state index is 3.62. The van der Waals surface area contributed by atoms with Crippen molar-refractivity contribution in [2.24, 2.45) is 5.92 Å². The lowest BCUT2D eigenvalue weighted by molar-refractivity contribution is 0.442. The van der Waals surface area contributed by atoms with E-state index in [-0.39, 0.29) is 0 Å². The molecule has 1 N–H and O–H groups in total. The molecule has 2 aromatic rings. The van der Waals surface area contributed by atoms with Crippen molar-refractivity contribution in [3.05, 3.63) is 48.0 Å². The molecule has 2 rings (SSSR count). The van der Waals surface area contributed by atoms with Gasteiger partial charge in [0.15, 0.2) is 0 Å². The van der Waals surface area contributed by atoms with E-state index in [4.69, 9.17) is 0 Å². The highest BCUT2D eigenvalue weighted by Gasteiger charge is 2.05. The molecule has 0 radical (unpaired) electrons. The lowest BCUT2D eigenvalue weighted by Crippen LogP contribution is -2.26. The second-order valence-electron chi connectivity index (χ2n) is 5.55. The van der Waals surface area contributed by atoms with Crippen LogP contribution in [0.3, 0.4) is 0 Å². The highest BCUT2D eigenvalue weighted by Crippen LogP contribution is 2.18. The van der Waals surface area contributed by atoms with Crippen LogP contribution in [-0.2, 0) is 6.54 Å². The third-order valence-electron chi connectivity index (χ3n) is 3.35. The maximum Gasteiger partial charge on any atom is 0.0214 e. The molecule has 2 aromatic carbocycles. The predicted molar refractivity (Wildman–Crippen MR) is 79.7 cm³/mol. The van der Waals surface area contributed by atoms with Gasteiger partial charge in [0.2, 0.25) is 0 Å². The quantitative estimate of drug-likeness (QED) is 0.820. The van der Waals surface area contributed by atoms with Crippen LogP contribution in [0.5, 0.6) is 0 Å². The highest BCUT2D eigenvalue weighted by molar-refractivity contribution is 5.85. The van der Waals surface area contributed by atoms with Gasteiger partial charge in [-0.1, -0.05) is 56.3 Å². The molecule has 96 valence electrons. The lowest BCUT2D eigenvalue weighted by atomic mass is 10.0. The monoisotopic (exact) mass is 241 g/mol. The van der Waals surface area contributed by atoms with E-state index in [2.05, 4.69) is 68.6 Å². The second-order valence-corrected chi connectivity index (χ2v) is 5.55. The van der Waals surface area contributed by atoms with Crippen molar-refractivity contribution in [3.8, 4) is 0 Å². The zero-order valence-corrected chi connectivity index (χ0v) is 11.6. The molecule has 18 heavy (non-hydrogen) atoms. The van der Waals surface area contributed by atoms with Gasteiger partial charge in [-0.3, -0.25) is 0 Å². The van der Waals surface area contributed by atoms with Crippen molar-refractivity contribution in [2.45, 2.75) is 39.8 Å². The van der Waals surface area contributed by atoms with Crippen LogP contribution in [0, 0.1) is 5.92 Å². The summed E-state index contributed by atoms with van der Waals surface area (Å²) in [5.74, 6) is 0.750. The molecule has 0 heterocycles. The van der Waals surface area contributed by atoms with E-state index in [1.807, 2.05) is 0 Å². The average molecular weight is 241 g/mol. The fourth-order valence-electron chi connectivity index (χ4n) is 2.52. The smallest absolute Gasteiger partial charge is 0.0214 e. The molecule has 1 unspecified atom stereocenters. The summed E-state index contributed by atoms with van der Waals surface area (Å²) < 4.78 is 0. The molecule has 0 fully saturated rings. The summed E-state index contributed by atoms with van der Waals surface area (Å²) in [6.07, 6.45) is 1.23. The Kier molecular flexibility index (Phi) is 4.38. The van der Waals surface area contributed by atoms with Crippen molar-refractivity contribution < 1.29 is 0 Å². The molecule has 1 heteroatoms. The van der Waals surface area contributed by atoms with Crippen molar-refractivity contribution in [2.75, 3.05) is 0 Å². The van der Waals surface area contributed by atoms with Gasteiger partial charge < -0.3 is 5.32 Å². The van der Waals surface area contributed by atoms with Crippen LogP contribution in [0.2, 0.25) is 0 Å². The molecular formula is C17H23N. The minimum absolute atomic E-state index is 0.573. The van der Waals surface area contributed by atoms with Gasteiger partial charge in [0.25, 0.3) is 0 Å². The molecule has 0 aliphatic heterocycles. The molecule has 0 amide bonds. The molecule has 0 spiro atoms. The first-order chi connectivity index (χ1) is 8.66. The summed E-state index contributed by atoms with van der Waals surface area (Å²) >= 11 is 0. The SMILES string of the molecule is CC(C)CC(C)NCc1cccc2ccccc12. The Bertz CT molecular complexity index is 496. The molecule has 1 nitrogen and oxygen atoms in total. The molecule has 0 aliphatic carbocycles. The molecule has 0 aromatic heterocycles. The summed E-state index contributed by atoms with van der Waals surface area (Å²) in [7, 11) is 0. The van der Waals surface area contributed by atoms with Crippen LogP contribution < -0.4 is 5.32 Å². The van der Waals surface area contributed by atoms with Gasteiger partial charge in [0.1, 0.15) is 0 Å². The number of nitrogens with one attached hydrogen (secondary N) is 1. The summed E-state index contributed by atoms with van der Waals surface area (Å²) in [6, 6.07) is 15.7. The number of benzene rings is 2. The summed E-state index contributed by atoms with van der Waals surface area (Å²) in [5, 5.41) is 6.31. The topological polar surface area (TPSA) is 12.0 Å². The van der Waals surface area contributed by atoms with Crippen LogP contribution >= 0.6 is 0 Å². The number of rotatable bonds is 5. The van der Waals surface area contributed by atoms with Crippen LogP contribution in [-0.4, -0.2) is 6.04 Å². The molecule has 0 bridgehead atoms. The summed E-state index contributed by atoms with van der Waals surface area (Å²) in [4.78, 5) is 0. The zero-order chi connectivity index (χ0) is 13.0. The Labute approximate surface area is 110 Å². The first kappa shape index (κ1) is 13.1. The van der Waals surface area contributed by atoms with Gasteiger partial charge in [-0.2, -0.15) is 0 Å². The van der Waals surface area contributed by atoms with E-state index in [0.29, 0.717) is 6.04 Å². The van der Waals surface area contributed by atoms with Gasteiger partial charge in [-0.25, -0.2) is 0 Å². The molecule has 0 saturated heterocycles. The maximum absolute atomic E-state index is 3.62. The van der Waals surface area contributed by atoms with Crippen LogP contribution in [0.25, 0.3) is 10.8 Å². The Hall–Kier alpha value is -1.34. The molecule has 1 atom stereocenters. The Morgan fingerprint density at radius 1 is 0.944 bits per heavy atom. The lowest BCUT2D eigenvalue weighted by Gasteiger charge is -2.16. The van der Waals surface area contributed by atoms with E-state index >= 15 is 0 Å². The first-order valence-corrected chi connectivity index (χ1v) is 6.87. The van der Waals surface area contributed by atoms with Gasteiger partial charge >= 0.3 is 0 Å². The Balaban J connectivity index is 2.08. The zero-order valence-electron chi connectivity index (χ0n) is 11.6. The third kappa shape index (κ3) is 3.33. The van der Waals surface area contributed by atoms with Crippen LogP contribution in [0.1, 0.15) is 32.8 Å². The number of hydrogen-bond acceptors (Lipinski definition) is 1. The first-order valence-electron chi connectivity index (χ1n) is 6.87. The van der Waals surface area contributed by atoms with Crippen LogP contribution in [0.4, 0.5) is 0 Å². The predicted octanol–water partition coefficient (Wildman–Crippen LogP) is 4.36. The summed E-state index contributed by atoms with van der Waals surface area (Å²) in [5.41, 5.74) is 1.39. The normalized spacial score (nSPS) is 13.1. The van der Waals surface area contributed by atoms with Crippen molar-refractivity contribution in [1.29, 1.82) is 0 Å². The fraction of sp³-hybridized carbons (Fsp3) is 0.412. The number of fused-ring (bicyclic) bond motifs is 1. The second kappa shape index (κ2) is 6.01. The molecular weight excluding hydrogens is 218 g/mol. The van der Waals surface area contributed by atoms with E-state index in [1.165, 1.54) is 22.8 Å². The Morgan fingerprint density at radius 3 is 2.44 bits per heavy atom. The van der Waals surface area contributed by atoms with Crippen LogP contribution in [0.15, 0.2) is 42.5 Å². The van der Waals surface area contributed by atoms with Gasteiger partial charge in [-0.15, -0.1) is 0 Å². The third-order valence-corrected chi connectivity index (χ3v) is 3.35. The van der Waals surface area contributed by atoms with Gasteiger partial charge in [-0.05, 0) is 35.6 Å². The van der Waals surface area contributed by atoms with E-state index in [0.717, 1.165) is 12.5 Å². The summed E-state index contributed by atoms with van der Waals surface area (Å²) in [6.45, 7) is 7.77. The minimum atomic E-state index is 0.573. The van der Waals surface area contributed by atoms with E-state index < -0.39 is 0 Å². The van der Waals surface area contributed by atoms with Gasteiger partial charge in [0.05, 0.1) is 0 Å². The van der Waals surface area contributed by atoms with Crippen molar-refractivity contribution in [3.63, 3.8) is 0 Å². The van der Waals surface area contributed by atoms with E-state index in [9.17, 15) is 0 Å². The van der Waals surface area contributed by atoms with E-state index in [1.54, 1.807) is 0 Å². The van der Waals surface area contributed by atoms with Crippen molar-refractivity contribution in [1.82, 2.24) is 5.32 Å². The minimum Gasteiger partial charge on any atom is -0.310 e. The van der Waals surface area contributed by atoms with Crippen molar-refractivity contribution >= 4 is 10.8 Å². The Morgan fingerprint density at radius 2 is 1.67 bits per heavy atom. The van der Waals surface area contributed by atoms with Gasteiger partial charge in [0, 0.05) is 12.6 Å². The molecule has 0 saturated carbocycles. The fourth-order valence-corrected chi connectivity index (χ4v) is 2.52. The molecule has 0 aliphatic rings. The standard InChI is InChI=1S/C17H23N/c1-13(2)11-14(3)18-12-16-9-6-8-15-7-4-5-10-17(15)16/h4-10,13-14,18H,11-12H2,1-3H3. The number of hydrogen-bond donors (Lipinski definition) is 1. The highest BCUT2D eigenvalue weighted by atomic mass is 14.9. The average Bonchev–Trinajstić information content (AvgIpc) is 2.35. The largest absolute Gasteiger partial charge is 0.310 e.